The third kappa shape index (κ3) is 4.00. The summed E-state index contributed by atoms with van der Waals surface area (Å²) < 4.78 is 2.06. The van der Waals surface area contributed by atoms with Crippen LogP contribution in [0.1, 0.15) is 19.3 Å². The fourth-order valence-corrected chi connectivity index (χ4v) is 3.25. The quantitative estimate of drug-likeness (QED) is 0.406. The molecule has 5 nitrogen and oxygen atoms in total. The van der Waals surface area contributed by atoms with Gasteiger partial charge < -0.3 is 20.7 Å². The van der Waals surface area contributed by atoms with Gasteiger partial charge in [-0.15, -0.1) is 0 Å². The summed E-state index contributed by atoms with van der Waals surface area (Å²) in [6.07, 6.45) is 2.64. The molecule has 0 fully saturated rings. The van der Waals surface area contributed by atoms with Crippen molar-refractivity contribution < 1.29 is 5.11 Å². The third-order valence-electron chi connectivity index (χ3n) is 4.02. The number of benzene rings is 2. The van der Waals surface area contributed by atoms with Crippen molar-refractivity contribution in [3.8, 4) is 0 Å². The molecule has 0 aliphatic rings. The molecule has 0 unspecified atom stereocenters. The molecule has 3 rings (SSSR count). The Balaban J connectivity index is 1.96. The predicted molar refractivity (Wildman–Crippen MR) is 105 cm³/mol. The predicted octanol–water partition coefficient (Wildman–Crippen LogP) is 4.83. The van der Waals surface area contributed by atoms with E-state index >= 15 is 0 Å². The lowest BCUT2D eigenvalue weighted by Gasteiger charge is -2.12. The summed E-state index contributed by atoms with van der Waals surface area (Å²) in [5.74, 6) is 0.682. The molecule has 132 valence electrons. The second-order valence-electron chi connectivity index (χ2n) is 5.84. The molecule has 0 saturated carbocycles. The molecule has 4 N–H and O–H groups in total. The first-order chi connectivity index (χ1) is 12.1. The maximum atomic E-state index is 8.96. The average molecular weight is 379 g/mol. The van der Waals surface area contributed by atoms with E-state index in [0.29, 0.717) is 21.7 Å². The first kappa shape index (κ1) is 17.9. The van der Waals surface area contributed by atoms with Gasteiger partial charge in [-0.3, -0.25) is 0 Å². The summed E-state index contributed by atoms with van der Waals surface area (Å²) in [6.45, 7) is 0.955. The van der Waals surface area contributed by atoms with E-state index in [-0.39, 0.29) is 6.61 Å². The molecule has 0 amide bonds. The van der Waals surface area contributed by atoms with E-state index < -0.39 is 0 Å². The zero-order valence-corrected chi connectivity index (χ0v) is 15.2. The lowest BCUT2D eigenvalue weighted by atomic mass is 10.2. The fourth-order valence-electron chi connectivity index (χ4n) is 2.80. The van der Waals surface area contributed by atoms with Gasteiger partial charge in [0.2, 0.25) is 5.95 Å². The first-order valence-electron chi connectivity index (χ1n) is 8.18. The van der Waals surface area contributed by atoms with E-state index in [1.165, 1.54) is 0 Å². The molecule has 0 atom stereocenters. The lowest BCUT2D eigenvalue weighted by molar-refractivity contribution is 0.282. The number of nitrogens with zero attached hydrogens (tertiary/aromatic N) is 2. The largest absolute Gasteiger partial charge is 0.397 e. The van der Waals surface area contributed by atoms with E-state index in [0.717, 1.165) is 42.5 Å². The number of fused-ring (bicyclic) bond motifs is 1. The molecule has 0 aliphatic carbocycles. The minimum atomic E-state index is 0.207. The lowest BCUT2D eigenvalue weighted by Crippen LogP contribution is -2.06. The molecular weight excluding hydrogens is 359 g/mol. The number of imidazole rings is 1. The first-order valence-corrected chi connectivity index (χ1v) is 8.93. The van der Waals surface area contributed by atoms with Crippen molar-refractivity contribution in [2.45, 2.75) is 25.8 Å². The summed E-state index contributed by atoms with van der Waals surface area (Å²) in [4.78, 5) is 4.66. The van der Waals surface area contributed by atoms with E-state index in [4.69, 9.17) is 34.0 Å². The van der Waals surface area contributed by atoms with Crippen LogP contribution in [0.3, 0.4) is 0 Å². The van der Waals surface area contributed by atoms with Gasteiger partial charge in [0.25, 0.3) is 0 Å². The van der Waals surface area contributed by atoms with Crippen molar-refractivity contribution in [2.24, 2.45) is 0 Å². The van der Waals surface area contributed by atoms with Gasteiger partial charge in [-0.1, -0.05) is 29.3 Å². The van der Waals surface area contributed by atoms with Crippen LogP contribution in [-0.4, -0.2) is 21.3 Å². The summed E-state index contributed by atoms with van der Waals surface area (Å²) in [6, 6.07) is 11.0. The van der Waals surface area contributed by atoms with Crippen LogP contribution in [0.15, 0.2) is 36.4 Å². The molecule has 7 heteroatoms. The van der Waals surface area contributed by atoms with Crippen molar-refractivity contribution >= 4 is 51.6 Å². The molecule has 1 heterocycles. The van der Waals surface area contributed by atoms with Crippen molar-refractivity contribution in [3.05, 3.63) is 46.4 Å². The number of anilines is 3. The number of hydrogen-bond acceptors (Lipinski definition) is 4. The normalized spacial score (nSPS) is 11.2. The molecule has 25 heavy (non-hydrogen) atoms. The van der Waals surface area contributed by atoms with Crippen molar-refractivity contribution in [1.29, 1.82) is 0 Å². The Morgan fingerprint density at radius 3 is 2.72 bits per heavy atom. The Morgan fingerprint density at radius 2 is 1.96 bits per heavy atom. The van der Waals surface area contributed by atoms with Gasteiger partial charge in [-0.05, 0) is 49.6 Å². The minimum absolute atomic E-state index is 0.207. The van der Waals surface area contributed by atoms with Crippen molar-refractivity contribution in [1.82, 2.24) is 9.55 Å². The highest BCUT2D eigenvalue weighted by Gasteiger charge is 2.14. The van der Waals surface area contributed by atoms with E-state index in [2.05, 4.69) is 14.9 Å². The molecular formula is C18H20Cl2N4O. The summed E-state index contributed by atoms with van der Waals surface area (Å²) in [7, 11) is 0. The zero-order valence-electron chi connectivity index (χ0n) is 13.7. The highest BCUT2D eigenvalue weighted by molar-refractivity contribution is 6.36. The van der Waals surface area contributed by atoms with Gasteiger partial charge in [0, 0.05) is 18.2 Å². The molecule has 2 aromatic carbocycles. The van der Waals surface area contributed by atoms with Crippen molar-refractivity contribution in [2.75, 3.05) is 17.7 Å². The standard InChI is InChI=1S/C18H20Cl2N4O/c19-12-7-8-15(13(20)11-12)22-18-23-16-6-4-5-14(21)17(16)24(18)9-2-1-3-10-25/h4-8,11,25H,1-3,9-10,21H2,(H,22,23). The van der Waals surface area contributed by atoms with Crippen LogP contribution in [0.4, 0.5) is 17.3 Å². The zero-order chi connectivity index (χ0) is 17.8. The van der Waals surface area contributed by atoms with Crippen molar-refractivity contribution in [3.63, 3.8) is 0 Å². The number of aliphatic hydroxyl groups excluding tert-OH is 1. The summed E-state index contributed by atoms with van der Waals surface area (Å²) >= 11 is 12.2. The molecule has 0 bridgehead atoms. The number of hydrogen-bond donors (Lipinski definition) is 3. The fraction of sp³-hybridized carbons (Fsp3) is 0.278. The maximum absolute atomic E-state index is 8.96. The van der Waals surface area contributed by atoms with Crippen LogP contribution >= 0.6 is 23.2 Å². The SMILES string of the molecule is Nc1cccc2nc(Nc3ccc(Cl)cc3Cl)n(CCCCCO)c12. The van der Waals surface area contributed by atoms with E-state index in [1.54, 1.807) is 12.1 Å². The highest BCUT2D eigenvalue weighted by atomic mass is 35.5. The Morgan fingerprint density at radius 1 is 1.12 bits per heavy atom. The monoisotopic (exact) mass is 378 g/mol. The number of para-hydroxylation sites is 1. The van der Waals surface area contributed by atoms with Gasteiger partial charge in [0.1, 0.15) is 0 Å². The Bertz CT molecular complexity index is 879. The van der Waals surface area contributed by atoms with Gasteiger partial charge in [0.15, 0.2) is 0 Å². The Hall–Kier alpha value is -1.95. The van der Waals surface area contributed by atoms with Crippen LogP contribution in [0, 0.1) is 0 Å². The van der Waals surface area contributed by atoms with Crippen LogP contribution in [0.2, 0.25) is 10.0 Å². The van der Waals surface area contributed by atoms with Crippen LogP contribution < -0.4 is 11.1 Å². The topological polar surface area (TPSA) is 76.1 Å². The van der Waals surface area contributed by atoms with E-state index in [9.17, 15) is 0 Å². The van der Waals surface area contributed by atoms with Gasteiger partial charge in [-0.25, -0.2) is 4.98 Å². The number of rotatable bonds is 7. The number of unbranched alkanes of at least 4 members (excludes halogenated alkanes) is 2. The maximum Gasteiger partial charge on any atom is 0.208 e. The smallest absolute Gasteiger partial charge is 0.208 e. The average Bonchev–Trinajstić information content (AvgIpc) is 2.93. The summed E-state index contributed by atoms with van der Waals surface area (Å²) in [5, 5.41) is 13.4. The van der Waals surface area contributed by atoms with Crippen LogP contribution in [-0.2, 0) is 6.54 Å². The second-order valence-corrected chi connectivity index (χ2v) is 6.68. The summed E-state index contributed by atoms with van der Waals surface area (Å²) in [5.41, 5.74) is 9.32. The Labute approximate surface area is 156 Å². The number of aliphatic hydroxyl groups is 1. The van der Waals surface area contributed by atoms with E-state index in [1.807, 2.05) is 24.3 Å². The molecule has 0 radical (unpaired) electrons. The number of nitrogens with two attached hydrogens (primary N) is 1. The molecule has 3 aromatic rings. The minimum Gasteiger partial charge on any atom is -0.397 e. The number of halogens is 2. The van der Waals surface area contributed by atoms with Crippen LogP contribution in [0.25, 0.3) is 11.0 Å². The highest BCUT2D eigenvalue weighted by Crippen LogP contribution is 2.31. The number of nitrogens with one attached hydrogen (secondary N) is 1. The molecule has 1 aromatic heterocycles. The number of aromatic nitrogens is 2. The molecule has 0 spiro atoms. The van der Waals surface area contributed by atoms with Gasteiger partial charge >= 0.3 is 0 Å². The number of nitrogen functional groups attached to an aromatic ring is 1. The number of aryl methyl sites for hydroxylation is 1. The Kier molecular flexibility index (Phi) is 5.68. The molecule has 0 saturated heterocycles. The van der Waals surface area contributed by atoms with Gasteiger partial charge in [0.05, 0.1) is 27.4 Å². The second kappa shape index (κ2) is 7.95. The van der Waals surface area contributed by atoms with Crippen LogP contribution in [0.5, 0.6) is 0 Å². The van der Waals surface area contributed by atoms with Gasteiger partial charge in [-0.2, -0.15) is 0 Å². The third-order valence-corrected chi connectivity index (χ3v) is 4.56. The molecule has 0 aliphatic heterocycles.